The average molecular weight is 266 g/mol. The van der Waals surface area contributed by atoms with Crippen molar-refractivity contribution in [2.45, 2.75) is 13.3 Å². The second kappa shape index (κ2) is 5.69. The van der Waals surface area contributed by atoms with Gasteiger partial charge in [-0.3, -0.25) is 4.79 Å². The highest BCUT2D eigenvalue weighted by atomic mass is 35.5. The van der Waals surface area contributed by atoms with Crippen molar-refractivity contribution in [3.05, 3.63) is 41.4 Å². The van der Waals surface area contributed by atoms with Gasteiger partial charge >= 0.3 is 5.97 Å². The van der Waals surface area contributed by atoms with E-state index in [4.69, 9.17) is 20.8 Å². The molecule has 0 aliphatic carbocycles. The lowest BCUT2D eigenvalue weighted by molar-refractivity contribution is -0.142. The van der Waals surface area contributed by atoms with Crippen LogP contribution in [-0.4, -0.2) is 17.6 Å². The Balaban J connectivity index is 2.17. The fraction of sp³-hybridized carbons (Fsp3) is 0.231. The van der Waals surface area contributed by atoms with Crippen LogP contribution in [0.4, 0.5) is 0 Å². The normalized spacial score (nSPS) is 10.3. The smallest absolute Gasteiger partial charge is 0.310 e. The largest absolute Gasteiger partial charge is 0.466 e. The van der Waals surface area contributed by atoms with E-state index >= 15 is 0 Å². The molecule has 0 aliphatic rings. The average Bonchev–Trinajstić information content (AvgIpc) is 2.76. The Bertz CT molecular complexity index is 551. The van der Waals surface area contributed by atoms with Crippen LogP contribution >= 0.6 is 11.6 Å². The highest BCUT2D eigenvalue weighted by molar-refractivity contribution is 6.27. The molecule has 0 spiro atoms. The van der Waals surface area contributed by atoms with Gasteiger partial charge in [-0.25, -0.2) is 4.98 Å². The Morgan fingerprint density at radius 3 is 3.00 bits per heavy atom. The Labute approximate surface area is 110 Å². The molecule has 2 rings (SSSR count). The Morgan fingerprint density at radius 1 is 1.50 bits per heavy atom. The first-order valence-electron chi connectivity index (χ1n) is 5.55. The van der Waals surface area contributed by atoms with Gasteiger partial charge < -0.3 is 9.15 Å². The summed E-state index contributed by atoms with van der Waals surface area (Å²) < 4.78 is 10.1. The maximum absolute atomic E-state index is 11.4. The van der Waals surface area contributed by atoms with Gasteiger partial charge in [-0.15, -0.1) is 0 Å². The van der Waals surface area contributed by atoms with Crippen LogP contribution in [-0.2, 0) is 16.0 Å². The van der Waals surface area contributed by atoms with Crippen molar-refractivity contribution in [2.75, 3.05) is 6.61 Å². The Morgan fingerprint density at radius 2 is 2.33 bits per heavy atom. The number of oxazole rings is 1. The highest BCUT2D eigenvalue weighted by Gasteiger charge is 2.08. The zero-order valence-electron chi connectivity index (χ0n) is 9.85. The van der Waals surface area contributed by atoms with Crippen LogP contribution in [0.3, 0.4) is 0 Å². The molecule has 5 heteroatoms. The lowest BCUT2D eigenvalue weighted by atomic mass is 10.1. The molecule has 0 fully saturated rings. The lowest BCUT2D eigenvalue weighted by Gasteiger charge is -2.03. The first-order valence-corrected chi connectivity index (χ1v) is 5.93. The van der Waals surface area contributed by atoms with Crippen LogP contribution in [0.5, 0.6) is 0 Å². The number of benzene rings is 1. The Hall–Kier alpha value is -1.81. The minimum Gasteiger partial charge on any atom is -0.466 e. The summed E-state index contributed by atoms with van der Waals surface area (Å²) in [6.07, 6.45) is 1.79. The van der Waals surface area contributed by atoms with Crippen molar-refractivity contribution in [3.8, 4) is 11.3 Å². The van der Waals surface area contributed by atoms with Crippen LogP contribution < -0.4 is 0 Å². The van der Waals surface area contributed by atoms with Gasteiger partial charge in [-0.1, -0.05) is 18.2 Å². The Kier molecular flexibility index (Phi) is 3.99. The fourth-order valence-electron chi connectivity index (χ4n) is 1.60. The van der Waals surface area contributed by atoms with Crippen LogP contribution in [0.15, 0.2) is 34.9 Å². The topological polar surface area (TPSA) is 52.3 Å². The maximum Gasteiger partial charge on any atom is 0.310 e. The second-order valence-electron chi connectivity index (χ2n) is 3.66. The first-order chi connectivity index (χ1) is 8.69. The number of esters is 1. The van der Waals surface area contributed by atoms with Crippen molar-refractivity contribution >= 4 is 17.6 Å². The van der Waals surface area contributed by atoms with E-state index in [1.165, 1.54) is 0 Å². The summed E-state index contributed by atoms with van der Waals surface area (Å²) in [6, 6.07) is 7.43. The molecule has 1 heterocycles. The molecular weight excluding hydrogens is 254 g/mol. The van der Waals surface area contributed by atoms with Gasteiger partial charge in [-0.2, -0.15) is 0 Å². The lowest BCUT2D eigenvalue weighted by Crippen LogP contribution is -2.07. The quantitative estimate of drug-likeness (QED) is 0.797. The molecule has 4 nitrogen and oxygen atoms in total. The molecule has 1 aromatic carbocycles. The summed E-state index contributed by atoms with van der Waals surface area (Å²) >= 11 is 5.62. The molecule has 1 aromatic heterocycles. The van der Waals surface area contributed by atoms with Crippen molar-refractivity contribution in [2.24, 2.45) is 0 Å². The summed E-state index contributed by atoms with van der Waals surface area (Å²) in [7, 11) is 0. The molecule has 0 bridgehead atoms. The summed E-state index contributed by atoms with van der Waals surface area (Å²) in [4.78, 5) is 15.2. The standard InChI is InChI=1S/C13H12ClNO3/c1-2-17-12(16)7-9-4-3-5-10(6-9)11-8-15-13(14)18-11/h3-6,8H,2,7H2,1H3. The van der Waals surface area contributed by atoms with Crippen molar-refractivity contribution in [1.82, 2.24) is 4.98 Å². The molecule has 0 saturated carbocycles. The first kappa shape index (κ1) is 12.6. The number of halogens is 1. The van der Waals surface area contributed by atoms with Gasteiger partial charge in [0.1, 0.15) is 0 Å². The molecule has 94 valence electrons. The number of hydrogen-bond acceptors (Lipinski definition) is 4. The number of aromatic nitrogens is 1. The third kappa shape index (κ3) is 3.11. The minimum absolute atomic E-state index is 0.0980. The number of carbonyl (C=O) groups is 1. The van der Waals surface area contributed by atoms with E-state index in [9.17, 15) is 4.79 Å². The predicted octanol–water partition coefficient (Wildman–Crippen LogP) is 3.10. The van der Waals surface area contributed by atoms with E-state index in [1.54, 1.807) is 13.1 Å². The molecule has 0 atom stereocenters. The third-order valence-corrected chi connectivity index (χ3v) is 2.52. The summed E-state index contributed by atoms with van der Waals surface area (Å²) in [6.45, 7) is 2.17. The van der Waals surface area contributed by atoms with Crippen LogP contribution in [0.2, 0.25) is 5.35 Å². The molecule has 0 saturated heterocycles. The van der Waals surface area contributed by atoms with Crippen molar-refractivity contribution in [3.63, 3.8) is 0 Å². The van der Waals surface area contributed by atoms with Crippen LogP contribution in [0, 0.1) is 0 Å². The monoisotopic (exact) mass is 265 g/mol. The van der Waals surface area contributed by atoms with Gasteiger partial charge in [0.05, 0.1) is 19.2 Å². The number of rotatable bonds is 4. The zero-order chi connectivity index (χ0) is 13.0. The van der Waals surface area contributed by atoms with Crippen molar-refractivity contribution in [1.29, 1.82) is 0 Å². The maximum atomic E-state index is 11.4. The molecular formula is C13H12ClNO3. The minimum atomic E-state index is -0.245. The highest BCUT2D eigenvalue weighted by Crippen LogP contribution is 2.23. The van der Waals surface area contributed by atoms with Crippen LogP contribution in [0.25, 0.3) is 11.3 Å². The summed E-state index contributed by atoms with van der Waals surface area (Å²) in [5, 5.41) is 0.0980. The molecule has 0 unspecified atom stereocenters. The van der Waals surface area contributed by atoms with E-state index in [1.807, 2.05) is 24.3 Å². The van der Waals surface area contributed by atoms with E-state index < -0.39 is 0 Å². The predicted molar refractivity (Wildman–Crippen MR) is 67.3 cm³/mol. The molecule has 18 heavy (non-hydrogen) atoms. The number of ether oxygens (including phenoxy) is 1. The summed E-state index contributed by atoms with van der Waals surface area (Å²) in [5.41, 5.74) is 1.69. The van der Waals surface area contributed by atoms with E-state index in [2.05, 4.69) is 4.98 Å². The van der Waals surface area contributed by atoms with E-state index in [0.29, 0.717) is 12.4 Å². The number of hydrogen-bond donors (Lipinski definition) is 0. The number of nitrogens with zero attached hydrogens (tertiary/aromatic N) is 1. The summed E-state index contributed by atoms with van der Waals surface area (Å²) in [5.74, 6) is 0.330. The van der Waals surface area contributed by atoms with Gasteiger partial charge in [0.15, 0.2) is 5.76 Å². The SMILES string of the molecule is CCOC(=O)Cc1cccc(-c2cnc(Cl)o2)c1. The molecule has 2 aromatic rings. The number of carbonyl (C=O) groups excluding carboxylic acids is 1. The molecule has 0 amide bonds. The third-order valence-electron chi connectivity index (χ3n) is 2.34. The molecule has 0 radical (unpaired) electrons. The van der Waals surface area contributed by atoms with Gasteiger partial charge in [0, 0.05) is 5.56 Å². The van der Waals surface area contributed by atoms with Gasteiger partial charge in [0.25, 0.3) is 5.35 Å². The molecule has 0 aliphatic heterocycles. The van der Waals surface area contributed by atoms with Gasteiger partial charge in [-0.05, 0) is 30.2 Å². The zero-order valence-corrected chi connectivity index (χ0v) is 10.6. The molecule has 0 N–H and O–H groups in total. The second-order valence-corrected chi connectivity index (χ2v) is 3.98. The van der Waals surface area contributed by atoms with E-state index in [-0.39, 0.29) is 17.7 Å². The van der Waals surface area contributed by atoms with E-state index in [0.717, 1.165) is 11.1 Å². The fourth-order valence-corrected chi connectivity index (χ4v) is 1.73. The van der Waals surface area contributed by atoms with Crippen molar-refractivity contribution < 1.29 is 13.9 Å². The van der Waals surface area contributed by atoms with Crippen LogP contribution in [0.1, 0.15) is 12.5 Å². The van der Waals surface area contributed by atoms with Gasteiger partial charge in [0.2, 0.25) is 0 Å².